The molecular formula is C12H10BrNO2S. The minimum atomic E-state index is -0.381. The van der Waals surface area contributed by atoms with Gasteiger partial charge >= 0.3 is 0 Å². The van der Waals surface area contributed by atoms with Crippen LogP contribution in [0.5, 0.6) is 0 Å². The van der Waals surface area contributed by atoms with Gasteiger partial charge in [-0.1, -0.05) is 28.1 Å². The minimum Gasteiger partial charge on any atom is -0.258 e. The molecule has 5 heteroatoms. The summed E-state index contributed by atoms with van der Waals surface area (Å²) < 4.78 is 0. The Morgan fingerprint density at radius 2 is 2.00 bits per heavy atom. The van der Waals surface area contributed by atoms with Gasteiger partial charge in [-0.3, -0.25) is 10.1 Å². The zero-order chi connectivity index (χ0) is 12.3. The molecule has 1 heterocycles. The van der Waals surface area contributed by atoms with E-state index in [0.717, 1.165) is 12.0 Å². The van der Waals surface area contributed by atoms with Gasteiger partial charge < -0.3 is 0 Å². The lowest BCUT2D eigenvalue weighted by atomic mass is 10.1. The predicted molar refractivity (Wildman–Crippen MR) is 72.8 cm³/mol. The summed E-state index contributed by atoms with van der Waals surface area (Å²) in [7, 11) is 0. The number of alkyl halides is 1. The first-order chi connectivity index (χ1) is 8.16. The quantitative estimate of drug-likeness (QED) is 0.479. The van der Waals surface area contributed by atoms with Crippen molar-refractivity contribution in [3.05, 3.63) is 62.3 Å². The number of halogens is 1. The van der Waals surface area contributed by atoms with E-state index in [1.165, 1.54) is 5.56 Å². The maximum atomic E-state index is 10.5. The molecule has 0 amide bonds. The zero-order valence-electron chi connectivity index (χ0n) is 8.88. The van der Waals surface area contributed by atoms with Crippen LogP contribution < -0.4 is 0 Å². The van der Waals surface area contributed by atoms with E-state index < -0.39 is 0 Å². The van der Waals surface area contributed by atoms with Crippen LogP contribution >= 0.6 is 27.3 Å². The Balaban J connectivity index is 2.06. The highest BCUT2D eigenvalue weighted by molar-refractivity contribution is 9.09. The minimum absolute atomic E-state index is 0.135. The highest BCUT2D eigenvalue weighted by Crippen LogP contribution is 2.29. The van der Waals surface area contributed by atoms with Crippen molar-refractivity contribution in [2.24, 2.45) is 0 Å². The summed E-state index contributed by atoms with van der Waals surface area (Å²) in [6.45, 7) is 0. The van der Waals surface area contributed by atoms with Gasteiger partial charge in [0, 0.05) is 17.0 Å². The van der Waals surface area contributed by atoms with E-state index >= 15 is 0 Å². The van der Waals surface area contributed by atoms with Gasteiger partial charge in [0.15, 0.2) is 0 Å². The van der Waals surface area contributed by atoms with Crippen LogP contribution in [0.25, 0.3) is 0 Å². The number of hydrogen-bond acceptors (Lipinski definition) is 3. The van der Waals surface area contributed by atoms with Crippen molar-refractivity contribution in [3.8, 4) is 0 Å². The van der Waals surface area contributed by atoms with Crippen LogP contribution in [0.15, 0.2) is 41.1 Å². The first-order valence-corrected chi connectivity index (χ1v) is 6.92. The van der Waals surface area contributed by atoms with E-state index in [0.29, 0.717) is 0 Å². The van der Waals surface area contributed by atoms with Gasteiger partial charge in [-0.2, -0.15) is 11.3 Å². The number of non-ortho nitro benzene ring substituents is 1. The molecule has 0 radical (unpaired) electrons. The second-order valence-electron chi connectivity index (χ2n) is 3.65. The van der Waals surface area contributed by atoms with Crippen molar-refractivity contribution in [2.45, 2.75) is 11.2 Å². The molecule has 0 N–H and O–H groups in total. The lowest BCUT2D eigenvalue weighted by Crippen LogP contribution is -1.94. The molecule has 0 aliphatic rings. The van der Waals surface area contributed by atoms with E-state index in [9.17, 15) is 10.1 Å². The number of nitro groups is 1. The van der Waals surface area contributed by atoms with Crippen LogP contribution in [-0.2, 0) is 6.42 Å². The molecule has 1 aromatic heterocycles. The van der Waals surface area contributed by atoms with Crippen molar-refractivity contribution >= 4 is 33.0 Å². The topological polar surface area (TPSA) is 43.1 Å². The number of nitrogens with zero attached hydrogens (tertiary/aromatic N) is 1. The van der Waals surface area contributed by atoms with Crippen molar-refractivity contribution in [2.75, 3.05) is 0 Å². The summed E-state index contributed by atoms with van der Waals surface area (Å²) in [5.41, 5.74) is 2.47. The Morgan fingerprint density at radius 3 is 2.53 bits per heavy atom. The van der Waals surface area contributed by atoms with Gasteiger partial charge in [-0.15, -0.1) is 0 Å². The lowest BCUT2D eigenvalue weighted by Gasteiger charge is -2.07. The van der Waals surface area contributed by atoms with E-state index in [4.69, 9.17) is 0 Å². The number of thiophene rings is 1. The first kappa shape index (κ1) is 12.3. The van der Waals surface area contributed by atoms with E-state index in [1.54, 1.807) is 35.6 Å². The molecule has 0 bridgehead atoms. The van der Waals surface area contributed by atoms with E-state index in [-0.39, 0.29) is 15.4 Å². The van der Waals surface area contributed by atoms with E-state index in [1.807, 2.05) is 5.38 Å². The molecule has 0 fully saturated rings. The maximum Gasteiger partial charge on any atom is 0.269 e. The molecule has 1 unspecified atom stereocenters. The van der Waals surface area contributed by atoms with Crippen LogP contribution in [0.1, 0.15) is 16.0 Å². The van der Waals surface area contributed by atoms with Gasteiger partial charge in [0.2, 0.25) is 0 Å². The smallest absolute Gasteiger partial charge is 0.258 e. The molecular weight excluding hydrogens is 302 g/mol. The molecule has 0 aliphatic heterocycles. The van der Waals surface area contributed by atoms with Crippen LogP contribution in [0, 0.1) is 10.1 Å². The zero-order valence-corrected chi connectivity index (χ0v) is 11.3. The summed E-state index contributed by atoms with van der Waals surface area (Å²) in [6.07, 6.45) is 0.828. The fraction of sp³-hybridized carbons (Fsp3) is 0.167. The summed E-state index contributed by atoms with van der Waals surface area (Å²) >= 11 is 5.29. The van der Waals surface area contributed by atoms with Crippen molar-refractivity contribution in [3.63, 3.8) is 0 Å². The highest BCUT2D eigenvalue weighted by atomic mass is 79.9. The Morgan fingerprint density at radius 1 is 1.29 bits per heavy atom. The summed E-state index contributed by atoms with van der Waals surface area (Å²) in [5, 5.41) is 14.7. The summed E-state index contributed by atoms with van der Waals surface area (Å²) in [5.74, 6) is 0. The fourth-order valence-electron chi connectivity index (χ4n) is 1.53. The predicted octanol–water partition coefficient (Wildman–Crippen LogP) is 4.34. The highest BCUT2D eigenvalue weighted by Gasteiger charge is 2.10. The fourth-order valence-corrected chi connectivity index (χ4v) is 3.08. The number of rotatable bonds is 4. The summed E-state index contributed by atoms with van der Waals surface area (Å²) in [4.78, 5) is 10.4. The van der Waals surface area contributed by atoms with Crippen molar-refractivity contribution in [1.82, 2.24) is 0 Å². The molecule has 2 rings (SSSR count). The van der Waals surface area contributed by atoms with Crippen molar-refractivity contribution < 1.29 is 4.92 Å². The molecule has 1 aromatic carbocycles. The van der Waals surface area contributed by atoms with Gasteiger partial charge in [-0.05, 0) is 34.4 Å². The number of benzene rings is 1. The molecule has 17 heavy (non-hydrogen) atoms. The molecule has 0 aliphatic carbocycles. The Hall–Kier alpha value is -1.20. The van der Waals surface area contributed by atoms with Crippen LogP contribution in [0.4, 0.5) is 5.69 Å². The molecule has 88 valence electrons. The standard InChI is InChI=1S/C12H10BrNO2S/c13-12(10-5-6-17-8-10)7-9-1-3-11(4-2-9)14(15)16/h1-6,8,12H,7H2. The second-order valence-corrected chi connectivity index (χ2v) is 5.54. The van der Waals surface area contributed by atoms with Gasteiger partial charge in [0.25, 0.3) is 5.69 Å². The number of nitro benzene ring substituents is 1. The molecule has 1 atom stereocenters. The Bertz CT molecular complexity index is 496. The van der Waals surface area contributed by atoms with Gasteiger partial charge in [0.1, 0.15) is 0 Å². The third kappa shape index (κ3) is 3.14. The number of hydrogen-bond donors (Lipinski definition) is 0. The first-order valence-electron chi connectivity index (χ1n) is 5.06. The van der Waals surface area contributed by atoms with E-state index in [2.05, 4.69) is 27.4 Å². The maximum absolute atomic E-state index is 10.5. The third-order valence-electron chi connectivity index (χ3n) is 2.47. The lowest BCUT2D eigenvalue weighted by molar-refractivity contribution is -0.384. The monoisotopic (exact) mass is 311 g/mol. The molecule has 3 nitrogen and oxygen atoms in total. The van der Waals surface area contributed by atoms with Crippen molar-refractivity contribution in [1.29, 1.82) is 0 Å². The van der Waals surface area contributed by atoms with Crippen LogP contribution in [0.2, 0.25) is 0 Å². The van der Waals surface area contributed by atoms with Crippen LogP contribution in [-0.4, -0.2) is 4.92 Å². The van der Waals surface area contributed by atoms with Gasteiger partial charge in [-0.25, -0.2) is 0 Å². The Labute approximate surface area is 111 Å². The second kappa shape index (κ2) is 5.42. The average Bonchev–Trinajstić information content (AvgIpc) is 2.83. The van der Waals surface area contributed by atoms with Crippen LogP contribution in [0.3, 0.4) is 0 Å². The molecule has 0 saturated heterocycles. The largest absolute Gasteiger partial charge is 0.269 e. The Kier molecular flexibility index (Phi) is 3.91. The molecule has 2 aromatic rings. The normalized spacial score (nSPS) is 12.3. The average molecular weight is 312 g/mol. The summed E-state index contributed by atoms with van der Waals surface area (Å²) in [6, 6.07) is 8.78. The third-order valence-corrected chi connectivity index (χ3v) is 4.02. The SMILES string of the molecule is O=[N+]([O-])c1ccc(CC(Br)c2ccsc2)cc1. The van der Waals surface area contributed by atoms with Gasteiger partial charge in [0.05, 0.1) is 4.92 Å². The molecule has 0 spiro atoms. The molecule has 0 saturated carbocycles.